The predicted octanol–water partition coefficient (Wildman–Crippen LogP) is 10.0. The van der Waals surface area contributed by atoms with Crippen molar-refractivity contribution in [3.8, 4) is 0 Å². The second-order valence-corrected chi connectivity index (χ2v) is 17.8. The first-order valence-corrected chi connectivity index (χ1v) is 19.8. The van der Waals surface area contributed by atoms with Crippen molar-refractivity contribution in [1.29, 1.82) is 0 Å². The maximum absolute atomic E-state index is 2.45. The van der Waals surface area contributed by atoms with Crippen molar-refractivity contribution in [3.63, 3.8) is 0 Å². The van der Waals surface area contributed by atoms with E-state index in [0.717, 1.165) is 0 Å². The summed E-state index contributed by atoms with van der Waals surface area (Å²) in [6.07, 6.45) is 0. The van der Waals surface area contributed by atoms with E-state index in [9.17, 15) is 0 Å². The Balaban J connectivity index is 0.000000826. The summed E-state index contributed by atoms with van der Waals surface area (Å²) in [5.74, 6) is 0. The fourth-order valence-electron chi connectivity index (χ4n) is 6.61. The minimum Gasteiger partial charge on any atom is -0.748 e. The van der Waals surface area contributed by atoms with Gasteiger partial charge in [-0.2, -0.15) is 6.07 Å². The molecule has 0 saturated heterocycles. The van der Waals surface area contributed by atoms with E-state index in [0.29, 0.717) is 0 Å². The first-order valence-electron chi connectivity index (χ1n) is 17.1. The number of hydrogen-bond donors (Lipinski definition) is 0. The first kappa shape index (κ1) is 38.7. The molecular formula is C46H52NiP2-6. The summed E-state index contributed by atoms with van der Waals surface area (Å²) in [7, 11) is -1.55. The summed E-state index contributed by atoms with van der Waals surface area (Å²) in [4.78, 5) is 0. The van der Waals surface area contributed by atoms with Crippen LogP contribution >= 0.6 is 15.8 Å². The molecular weight excluding hydrogens is 673 g/mol. The Labute approximate surface area is 309 Å². The average Bonchev–Trinajstić information content (AvgIpc) is 3.81. The van der Waals surface area contributed by atoms with Crippen molar-refractivity contribution in [2.75, 3.05) is 0 Å². The summed E-state index contributed by atoms with van der Waals surface area (Å²) in [5.41, 5.74) is 16.9. The van der Waals surface area contributed by atoms with Crippen LogP contribution in [-0.2, 0) is 16.5 Å². The molecule has 0 amide bonds. The number of hydrogen-bond acceptors (Lipinski definition) is 0. The average molecular weight is 726 g/mol. The zero-order chi connectivity index (χ0) is 34.9. The van der Waals surface area contributed by atoms with Gasteiger partial charge in [0.15, 0.2) is 0 Å². The zero-order valence-corrected chi connectivity index (χ0v) is 34.2. The maximum Gasteiger partial charge on any atom is 0 e. The standard InChI is InChI=1S/C41H47P2.C5H5.Ni/c1-24-16-20-36(32(9)28(24)5)42(37-21-17-25(2)29(6)33(37)10)40-14-13-15-41(40)43(38-22-18-26(3)30(7)34(38)11)39-23-19-27(4)31(8)35(39)12;1-2-4-5-3-1;/h13-23H,1-12H3;1-5H;/q-1;-5;. The molecule has 0 aliphatic rings. The van der Waals surface area contributed by atoms with E-state index >= 15 is 0 Å². The van der Waals surface area contributed by atoms with E-state index in [1.807, 2.05) is 30.3 Å². The summed E-state index contributed by atoms with van der Waals surface area (Å²) in [6, 6.07) is 36.3. The van der Waals surface area contributed by atoms with Gasteiger partial charge in [0.25, 0.3) is 0 Å². The van der Waals surface area contributed by atoms with Gasteiger partial charge in [-0.1, -0.05) is 56.5 Å². The van der Waals surface area contributed by atoms with Crippen LogP contribution < -0.4 is 31.8 Å². The van der Waals surface area contributed by atoms with Crippen molar-refractivity contribution in [3.05, 3.63) is 164 Å². The third kappa shape index (κ3) is 7.67. The van der Waals surface area contributed by atoms with Gasteiger partial charge in [0.1, 0.15) is 0 Å². The molecule has 0 N–H and O–H groups in total. The molecule has 3 heteroatoms. The van der Waals surface area contributed by atoms with Crippen LogP contribution in [0.3, 0.4) is 0 Å². The van der Waals surface area contributed by atoms with Crippen LogP contribution in [0.1, 0.15) is 66.8 Å². The minimum atomic E-state index is -0.773. The normalized spacial score (nSPS) is 11.1. The van der Waals surface area contributed by atoms with Crippen LogP contribution in [0.4, 0.5) is 0 Å². The monoisotopic (exact) mass is 724 g/mol. The summed E-state index contributed by atoms with van der Waals surface area (Å²) >= 11 is 0. The van der Waals surface area contributed by atoms with Crippen LogP contribution in [-0.4, -0.2) is 0 Å². The van der Waals surface area contributed by atoms with Gasteiger partial charge in [-0.15, -0.1) is 10.6 Å². The number of aryl methyl sites for hydroxylation is 4. The number of rotatable bonds is 6. The largest absolute Gasteiger partial charge is 0.748 e. The minimum absolute atomic E-state index is 0. The van der Waals surface area contributed by atoms with E-state index in [2.05, 4.69) is 150 Å². The Morgan fingerprint density at radius 1 is 0.388 bits per heavy atom. The van der Waals surface area contributed by atoms with Crippen LogP contribution in [0.25, 0.3) is 0 Å². The Morgan fingerprint density at radius 3 is 1.04 bits per heavy atom. The summed E-state index contributed by atoms with van der Waals surface area (Å²) in [5, 5.41) is 8.96. The molecule has 0 heterocycles. The molecule has 0 nitrogen and oxygen atoms in total. The van der Waals surface area contributed by atoms with E-state index in [1.165, 1.54) is 98.6 Å². The maximum atomic E-state index is 2.45. The number of benzene rings is 4. The molecule has 49 heavy (non-hydrogen) atoms. The molecule has 0 atom stereocenters. The van der Waals surface area contributed by atoms with Crippen LogP contribution in [0.5, 0.6) is 0 Å². The molecule has 0 fully saturated rings. The molecule has 0 unspecified atom stereocenters. The van der Waals surface area contributed by atoms with Crippen molar-refractivity contribution < 1.29 is 16.5 Å². The Kier molecular flexibility index (Phi) is 12.9. The molecule has 0 saturated carbocycles. The fraction of sp³-hybridized carbons (Fsp3) is 0.261. The third-order valence-electron chi connectivity index (χ3n) is 10.9. The molecule has 0 aliphatic heterocycles. The molecule has 0 radical (unpaired) electrons. The van der Waals surface area contributed by atoms with Crippen LogP contribution in [0.2, 0.25) is 0 Å². The van der Waals surface area contributed by atoms with Crippen molar-refractivity contribution in [2.45, 2.75) is 83.1 Å². The van der Waals surface area contributed by atoms with E-state index in [-0.39, 0.29) is 16.5 Å². The van der Waals surface area contributed by atoms with Crippen molar-refractivity contribution >= 4 is 47.7 Å². The fourth-order valence-corrected chi connectivity index (χ4v) is 12.8. The molecule has 0 aliphatic carbocycles. The topological polar surface area (TPSA) is 0 Å². The predicted molar refractivity (Wildman–Crippen MR) is 218 cm³/mol. The molecule has 6 rings (SSSR count). The first-order chi connectivity index (χ1) is 22.8. The van der Waals surface area contributed by atoms with Gasteiger partial charge in [0.2, 0.25) is 0 Å². The van der Waals surface area contributed by atoms with Gasteiger partial charge < -0.3 is 30.3 Å². The quantitative estimate of drug-likeness (QED) is 0.0912. The van der Waals surface area contributed by atoms with Crippen molar-refractivity contribution in [1.82, 2.24) is 0 Å². The van der Waals surface area contributed by atoms with E-state index in [4.69, 9.17) is 0 Å². The van der Waals surface area contributed by atoms with E-state index in [1.54, 1.807) is 0 Å². The van der Waals surface area contributed by atoms with Gasteiger partial charge in [-0.05, 0) is 179 Å². The molecule has 6 aromatic rings. The van der Waals surface area contributed by atoms with Crippen LogP contribution in [0.15, 0.2) is 97.1 Å². The van der Waals surface area contributed by atoms with Gasteiger partial charge in [0, 0.05) is 16.5 Å². The van der Waals surface area contributed by atoms with E-state index < -0.39 is 15.8 Å². The molecule has 0 aromatic heterocycles. The second-order valence-electron chi connectivity index (χ2n) is 13.5. The Hall–Kier alpha value is -3.07. The SMILES string of the molecule is Cc1ccc(P(c2ccc(C)c(C)c2C)c2ccc[c-]2P(c2ccc(C)c(C)c2C)c2ccc(C)c(C)c2C)c(C)c1C.[Ni].[cH-]1[cH-][cH-][cH-][cH-]1. The zero-order valence-electron chi connectivity index (χ0n) is 31.4. The van der Waals surface area contributed by atoms with Gasteiger partial charge >= 0.3 is 0 Å². The van der Waals surface area contributed by atoms with Gasteiger partial charge in [0.05, 0.1) is 0 Å². The Morgan fingerprint density at radius 2 is 0.694 bits per heavy atom. The molecule has 6 aromatic carbocycles. The molecule has 0 spiro atoms. The van der Waals surface area contributed by atoms with Crippen LogP contribution in [0, 0.1) is 83.1 Å². The summed E-state index contributed by atoms with van der Waals surface area (Å²) in [6.45, 7) is 27.5. The third-order valence-corrected chi connectivity index (χ3v) is 16.7. The summed E-state index contributed by atoms with van der Waals surface area (Å²) < 4.78 is 0. The van der Waals surface area contributed by atoms with Gasteiger partial charge in [-0.25, -0.2) is 12.1 Å². The van der Waals surface area contributed by atoms with Crippen molar-refractivity contribution in [2.24, 2.45) is 0 Å². The second kappa shape index (κ2) is 16.3. The Bertz CT molecular complexity index is 1790. The van der Waals surface area contributed by atoms with Gasteiger partial charge in [-0.3, -0.25) is 0 Å². The smallest absolute Gasteiger partial charge is 0 e. The molecule has 0 bridgehead atoms. The molecule has 262 valence electrons.